The Labute approximate surface area is 520 Å². The molecule has 16 aromatic rings. The van der Waals surface area contributed by atoms with Gasteiger partial charge in [0.15, 0.2) is 0 Å². The molecule has 16 rings (SSSR count). The summed E-state index contributed by atoms with van der Waals surface area (Å²) in [5.41, 5.74) is 19.1. The van der Waals surface area contributed by atoms with Gasteiger partial charge in [-0.3, -0.25) is 0 Å². The van der Waals surface area contributed by atoms with E-state index in [0.29, 0.717) is 0 Å². The number of hydrogen-bond acceptors (Lipinski definition) is 0. The van der Waals surface area contributed by atoms with E-state index in [9.17, 15) is 0 Å². The summed E-state index contributed by atoms with van der Waals surface area (Å²) in [6, 6.07) is 140. The highest BCUT2D eigenvalue weighted by Crippen LogP contribution is 2.51. The van der Waals surface area contributed by atoms with Crippen LogP contribution in [0.1, 0.15) is 66.8 Å². The fraction of sp³-hybridized carbons (Fsp3) is 0.0345. The summed E-state index contributed by atoms with van der Waals surface area (Å²) in [6.07, 6.45) is 0. The second-order valence-corrected chi connectivity index (χ2v) is 23.4. The van der Waals surface area contributed by atoms with Gasteiger partial charge in [0.25, 0.3) is 0 Å². The van der Waals surface area contributed by atoms with Crippen LogP contribution in [0.25, 0.3) is 55.0 Å². The SMILES string of the molecule is c1ccc(C(c2ccccc2)(c2ccc(-n3c4ccccc4c4ccccc43)cc2)c2ccc(C(c3ccccc3)(c3ccccc3)c3ccc(C(c4ccccc4)(c4ccccc4)c4ccc(-n5c6ccccc6c6ccccc65)cc4)cc3)cc2)cc1. The number of nitrogens with zero attached hydrogens (tertiary/aromatic N) is 2. The van der Waals surface area contributed by atoms with Crippen LogP contribution < -0.4 is 0 Å². The molecular formula is C87H62N2. The Balaban J connectivity index is 0.878. The van der Waals surface area contributed by atoms with Crippen LogP contribution in [0, 0.1) is 0 Å². The molecule has 0 N–H and O–H groups in total. The van der Waals surface area contributed by atoms with Gasteiger partial charge in [-0.2, -0.15) is 0 Å². The van der Waals surface area contributed by atoms with Crippen LogP contribution in [0.15, 0.2) is 376 Å². The Morgan fingerprint density at radius 1 is 0.135 bits per heavy atom. The lowest BCUT2D eigenvalue weighted by Crippen LogP contribution is -2.33. The fourth-order valence-electron chi connectivity index (χ4n) is 15.2. The highest BCUT2D eigenvalue weighted by Gasteiger charge is 2.43. The average Bonchev–Trinajstić information content (AvgIpc) is 1.61. The number of aromatic nitrogens is 2. The Bertz CT molecular complexity index is 4600. The van der Waals surface area contributed by atoms with E-state index in [1.165, 1.54) is 110 Å². The van der Waals surface area contributed by atoms with E-state index in [-0.39, 0.29) is 0 Å². The predicted molar refractivity (Wildman–Crippen MR) is 370 cm³/mol. The van der Waals surface area contributed by atoms with Crippen LogP contribution in [0.3, 0.4) is 0 Å². The first kappa shape index (κ1) is 53.2. The van der Waals surface area contributed by atoms with Crippen molar-refractivity contribution in [3.8, 4) is 11.4 Å². The van der Waals surface area contributed by atoms with Crippen molar-refractivity contribution in [2.45, 2.75) is 16.2 Å². The van der Waals surface area contributed by atoms with Gasteiger partial charge in [0.2, 0.25) is 0 Å². The van der Waals surface area contributed by atoms with Crippen LogP contribution in [0.5, 0.6) is 0 Å². The first-order valence-electron chi connectivity index (χ1n) is 30.9. The van der Waals surface area contributed by atoms with Gasteiger partial charge in [-0.1, -0.05) is 328 Å². The minimum absolute atomic E-state index is 0.690. The zero-order chi connectivity index (χ0) is 59.2. The maximum absolute atomic E-state index is 2.41. The van der Waals surface area contributed by atoms with Gasteiger partial charge in [-0.05, 0) is 115 Å². The third-order valence-corrected chi connectivity index (χ3v) is 19.0. The molecule has 0 amide bonds. The van der Waals surface area contributed by atoms with Crippen molar-refractivity contribution in [2.24, 2.45) is 0 Å². The van der Waals surface area contributed by atoms with E-state index in [4.69, 9.17) is 0 Å². The standard InChI is InChI=1S/C87H62N2/c1-7-27-63(28-8-1)85(64-29-9-2-10-30-64,69-47-51-71(52-48-69)86(65-31-11-3-12-32-65,66-33-13-4-14-34-66)73-55-59-75(60-56-73)88-81-43-23-19-39-77(81)78-40-20-24-44-82(78)88)70-49-53-72(54-50-70)87(67-35-15-5-16-36-67,68-37-17-6-18-38-68)74-57-61-76(62-58-74)89-83-45-25-21-41-79(83)80-42-22-26-46-84(80)89/h1-62H. The minimum Gasteiger partial charge on any atom is -0.309 e. The van der Waals surface area contributed by atoms with Crippen molar-refractivity contribution in [3.63, 3.8) is 0 Å². The van der Waals surface area contributed by atoms with Gasteiger partial charge < -0.3 is 9.13 Å². The molecule has 2 nitrogen and oxygen atoms in total. The lowest BCUT2D eigenvalue weighted by atomic mass is 9.62. The molecule has 0 radical (unpaired) electrons. The molecule has 14 aromatic carbocycles. The second kappa shape index (κ2) is 22.2. The van der Waals surface area contributed by atoms with E-state index >= 15 is 0 Å². The van der Waals surface area contributed by atoms with E-state index < -0.39 is 16.2 Å². The third-order valence-electron chi connectivity index (χ3n) is 19.0. The first-order valence-corrected chi connectivity index (χ1v) is 30.9. The third kappa shape index (κ3) is 8.47. The normalized spacial score (nSPS) is 12.0. The van der Waals surface area contributed by atoms with E-state index in [1.54, 1.807) is 0 Å². The highest BCUT2D eigenvalue weighted by molar-refractivity contribution is 6.10. The number of benzene rings is 14. The van der Waals surface area contributed by atoms with E-state index in [1.807, 2.05) is 0 Å². The molecule has 0 unspecified atom stereocenters. The Morgan fingerprint density at radius 2 is 0.281 bits per heavy atom. The highest BCUT2D eigenvalue weighted by atomic mass is 15.0. The molecular weight excluding hydrogens is 1070 g/mol. The van der Waals surface area contributed by atoms with Gasteiger partial charge in [0.1, 0.15) is 0 Å². The Kier molecular flexibility index (Phi) is 13.3. The smallest absolute Gasteiger partial charge is 0.0701 e. The first-order chi connectivity index (χ1) is 44.2. The van der Waals surface area contributed by atoms with Gasteiger partial charge >= 0.3 is 0 Å². The fourth-order valence-corrected chi connectivity index (χ4v) is 15.2. The van der Waals surface area contributed by atoms with Gasteiger partial charge in [-0.15, -0.1) is 0 Å². The molecule has 420 valence electrons. The van der Waals surface area contributed by atoms with Crippen LogP contribution >= 0.6 is 0 Å². The molecule has 0 spiro atoms. The summed E-state index contributed by atoms with van der Waals surface area (Å²) in [5, 5.41) is 5.00. The molecule has 0 aliphatic rings. The number of para-hydroxylation sites is 4. The van der Waals surface area contributed by atoms with Gasteiger partial charge in [0.05, 0.1) is 38.3 Å². The Morgan fingerprint density at radius 3 is 0.472 bits per heavy atom. The van der Waals surface area contributed by atoms with Crippen molar-refractivity contribution in [3.05, 3.63) is 443 Å². The second-order valence-electron chi connectivity index (χ2n) is 23.4. The molecule has 0 fully saturated rings. The number of hydrogen-bond donors (Lipinski definition) is 0. The topological polar surface area (TPSA) is 9.86 Å². The van der Waals surface area contributed by atoms with Crippen molar-refractivity contribution in [1.29, 1.82) is 0 Å². The van der Waals surface area contributed by atoms with Crippen LogP contribution in [0.2, 0.25) is 0 Å². The summed E-state index contributed by atoms with van der Waals surface area (Å²) in [4.78, 5) is 0. The molecule has 0 aliphatic heterocycles. The maximum atomic E-state index is 2.41. The lowest BCUT2D eigenvalue weighted by Gasteiger charge is -2.40. The zero-order valence-electron chi connectivity index (χ0n) is 49.2. The maximum Gasteiger partial charge on any atom is 0.0701 e. The molecule has 0 atom stereocenters. The molecule has 0 saturated carbocycles. The average molecular weight is 1140 g/mol. The number of fused-ring (bicyclic) bond motifs is 6. The van der Waals surface area contributed by atoms with Crippen LogP contribution in [0.4, 0.5) is 0 Å². The monoisotopic (exact) mass is 1130 g/mol. The van der Waals surface area contributed by atoms with E-state index in [0.717, 1.165) is 11.4 Å². The largest absolute Gasteiger partial charge is 0.309 e. The van der Waals surface area contributed by atoms with Crippen molar-refractivity contribution in [1.82, 2.24) is 9.13 Å². The number of rotatable bonds is 14. The Hall–Kier alpha value is -11.3. The van der Waals surface area contributed by atoms with Crippen LogP contribution in [-0.2, 0) is 16.2 Å². The summed E-state index contributed by atoms with van der Waals surface area (Å²) >= 11 is 0. The van der Waals surface area contributed by atoms with E-state index in [2.05, 4.69) is 385 Å². The zero-order valence-corrected chi connectivity index (χ0v) is 49.2. The van der Waals surface area contributed by atoms with Crippen molar-refractivity contribution < 1.29 is 0 Å². The molecule has 0 bridgehead atoms. The van der Waals surface area contributed by atoms with Crippen LogP contribution in [-0.4, -0.2) is 9.13 Å². The van der Waals surface area contributed by atoms with Crippen molar-refractivity contribution in [2.75, 3.05) is 0 Å². The predicted octanol–water partition coefficient (Wildman–Crippen LogP) is 21.0. The van der Waals surface area contributed by atoms with Gasteiger partial charge in [0, 0.05) is 32.9 Å². The summed E-state index contributed by atoms with van der Waals surface area (Å²) < 4.78 is 4.81. The van der Waals surface area contributed by atoms with Crippen molar-refractivity contribution >= 4 is 43.6 Å². The molecule has 2 aromatic heterocycles. The summed E-state index contributed by atoms with van der Waals surface area (Å²) in [6.45, 7) is 0. The summed E-state index contributed by atoms with van der Waals surface area (Å²) in [5.74, 6) is 0. The van der Waals surface area contributed by atoms with Gasteiger partial charge in [-0.25, -0.2) is 0 Å². The molecule has 2 heteroatoms. The summed E-state index contributed by atoms with van der Waals surface area (Å²) in [7, 11) is 0. The molecule has 2 heterocycles. The lowest BCUT2D eigenvalue weighted by molar-refractivity contribution is 0.721. The molecule has 0 saturated heterocycles. The minimum atomic E-state index is -0.738. The molecule has 89 heavy (non-hydrogen) atoms. The molecule has 0 aliphatic carbocycles. The quantitative estimate of drug-likeness (QED) is 0.0961.